The smallest absolute Gasteiger partial charge is 0.327 e. The summed E-state index contributed by atoms with van der Waals surface area (Å²) in [5.41, 5.74) is 0.654. The van der Waals surface area contributed by atoms with E-state index >= 15 is 0 Å². The maximum absolute atomic E-state index is 12.1. The van der Waals surface area contributed by atoms with E-state index in [4.69, 9.17) is 11.6 Å². The third-order valence-corrected chi connectivity index (χ3v) is 3.43. The molecule has 110 valence electrons. The van der Waals surface area contributed by atoms with Gasteiger partial charge in [-0.15, -0.1) is 0 Å². The van der Waals surface area contributed by atoms with Crippen LogP contribution in [0.2, 0.25) is 5.02 Å². The molecule has 2 aromatic rings. The molecule has 4 nitrogen and oxygen atoms in total. The molecule has 0 fully saturated rings. The van der Waals surface area contributed by atoms with Gasteiger partial charge in [-0.3, -0.25) is 5.21 Å². The summed E-state index contributed by atoms with van der Waals surface area (Å²) in [7, 11) is 0. The predicted molar refractivity (Wildman–Crippen MR) is 83.7 cm³/mol. The Morgan fingerprint density at radius 2 is 1.67 bits per heavy atom. The fraction of sp³-hybridized carbons (Fsp3) is 0.188. The number of nitrogens with one attached hydrogen (secondary N) is 1. The Bertz CT molecular complexity index is 612. The third-order valence-electron chi connectivity index (χ3n) is 3.18. The van der Waals surface area contributed by atoms with Crippen molar-refractivity contribution in [2.75, 3.05) is 5.06 Å². The normalized spacial score (nSPS) is 11.0. The maximum atomic E-state index is 12.1. The quantitative estimate of drug-likeness (QED) is 0.660. The van der Waals surface area contributed by atoms with Gasteiger partial charge in [-0.25, -0.2) is 4.79 Å². The average Bonchev–Trinajstić information content (AvgIpc) is 2.47. The summed E-state index contributed by atoms with van der Waals surface area (Å²) in [5, 5.41) is 14.0. The summed E-state index contributed by atoms with van der Waals surface area (Å²) in [4.78, 5) is 12.1. The molecule has 0 aliphatic carbocycles. The van der Waals surface area contributed by atoms with Crippen molar-refractivity contribution in [3.05, 3.63) is 65.2 Å². The van der Waals surface area contributed by atoms with Crippen molar-refractivity contribution in [1.29, 1.82) is 0 Å². The van der Waals surface area contributed by atoms with E-state index in [1.807, 2.05) is 32.0 Å². The van der Waals surface area contributed by atoms with Crippen molar-refractivity contribution in [2.24, 2.45) is 0 Å². The summed E-state index contributed by atoms with van der Waals surface area (Å²) in [5.74, 6) is 0. The highest BCUT2D eigenvalue weighted by atomic mass is 35.5. The summed E-state index contributed by atoms with van der Waals surface area (Å²) in [6, 6.07) is 15.2. The van der Waals surface area contributed by atoms with E-state index in [-0.39, 0.29) is 0 Å². The largest absolute Gasteiger partial charge is 0.346 e. The highest BCUT2D eigenvalue weighted by Crippen LogP contribution is 2.22. The van der Waals surface area contributed by atoms with E-state index in [2.05, 4.69) is 5.32 Å². The molecule has 0 atom stereocenters. The van der Waals surface area contributed by atoms with Crippen LogP contribution >= 0.6 is 11.6 Å². The first-order valence-corrected chi connectivity index (χ1v) is 6.90. The number of benzene rings is 2. The second-order valence-corrected chi connectivity index (χ2v) is 5.65. The highest BCUT2D eigenvalue weighted by Gasteiger charge is 2.25. The molecule has 0 aromatic heterocycles. The van der Waals surface area contributed by atoms with Crippen molar-refractivity contribution in [3.8, 4) is 0 Å². The van der Waals surface area contributed by atoms with Crippen molar-refractivity contribution in [2.45, 2.75) is 19.4 Å². The van der Waals surface area contributed by atoms with Gasteiger partial charge in [-0.1, -0.05) is 41.9 Å². The highest BCUT2D eigenvalue weighted by molar-refractivity contribution is 6.30. The van der Waals surface area contributed by atoms with Crippen LogP contribution in [0.15, 0.2) is 54.6 Å². The van der Waals surface area contributed by atoms with Gasteiger partial charge in [0.25, 0.3) is 0 Å². The van der Waals surface area contributed by atoms with Crippen molar-refractivity contribution in [3.63, 3.8) is 0 Å². The lowest BCUT2D eigenvalue weighted by Gasteiger charge is -2.29. The van der Waals surface area contributed by atoms with Gasteiger partial charge in [0.15, 0.2) is 0 Å². The molecule has 0 bridgehead atoms. The predicted octanol–water partition coefficient (Wildman–Crippen LogP) is 4.18. The monoisotopic (exact) mass is 304 g/mol. The Hall–Kier alpha value is -2.04. The number of hydrogen-bond donors (Lipinski definition) is 2. The number of urea groups is 1. The molecule has 0 aliphatic rings. The van der Waals surface area contributed by atoms with Gasteiger partial charge in [-0.05, 0) is 43.7 Å². The van der Waals surface area contributed by atoms with Crippen LogP contribution in [-0.4, -0.2) is 11.2 Å². The van der Waals surface area contributed by atoms with Crippen LogP contribution in [0.3, 0.4) is 0 Å². The standard InChI is InChI=1S/C16H17ClN2O2/c1-16(2,12-8-10-13(17)11-9-12)18-15(20)19(21)14-6-4-3-5-7-14/h3-11,21H,1-2H3,(H,18,20). The van der Waals surface area contributed by atoms with Crippen LogP contribution in [0.1, 0.15) is 19.4 Å². The van der Waals surface area contributed by atoms with E-state index in [9.17, 15) is 10.0 Å². The SMILES string of the molecule is CC(C)(NC(=O)N(O)c1ccccc1)c1ccc(Cl)cc1. The minimum absolute atomic E-state index is 0.405. The maximum Gasteiger partial charge on any atom is 0.346 e. The molecule has 0 aliphatic heterocycles. The molecule has 2 N–H and O–H groups in total. The number of halogens is 1. The zero-order chi connectivity index (χ0) is 15.5. The lowest BCUT2D eigenvalue weighted by atomic mass is 9.94. The van der Waals surface area contributed by atoms with Crippen LogP contribution in [0, 0.1) is 0 Å². The number of hydrogen-bond acceptors (Lipinski definition) is 2. The molecule has 0 heterocycles. The molecule has 21 heavy (non-hydrogen) atoms. The van der Waals surface area contributed by atoms with Gasteiger partial charge >= 0.3 is 6.03 Å². The second-order valence-electron chi connectivity index (χ2n) is 5.21. The first kappa shape index (κ1) is 15.4. The van der Waals surface area contributed by atoms with Gasteiger partial charge in [0.05, 0.1) is 11.2 Å². The van der Waals surface area contributed by atoms with Crippen LogP contribution < -0.4 is 10.4 Å². The number of para-hydroxylation sites is 1. The van der Waals surface area contributed by atoms with E-state index in [0.29, 0.717) is 15.8 Å². The number of carbonyl (C=O) groups is 1. The fourth-order valence-electron chi connectivity index (χ4n) is 1.95. The van der Waals surface area contributed by atoms with E-state index < -0.39 is 11.6 Å². The third kappa shape index (κ3) is 3.74. The molecule has 0 unspecified atom stereocenters. The topological polar surface area (TPSA) is 52.6 Å². The summed E-state index contributed by atoms with van der Waals surface area (Å²) < 4.78 is 0. The lowest BCUT2D eigenvalue weighted by Crippen LogP contribution is -2.47. The Balaban J connectivity index is 2.12. The first-order valence-electron chi connectivity index (χ1n) is 6.52. The van der Waals surface area contributed by atoms with Crippen molar-refractivity contribution < 1.29 is 10.0 Å². The lowest BCUT2D eigenvalue weighted by molar-refractivity contribution is 0.195. The van der Waals surface area contributed by atoms with E-state index in [1.54, 1.807) is 36.4 Å². The van der Waals surface area contributed by atoms with Gasteiger partial charge in [0, 0.05) is 5.02 Å². The molecule has 2 rings (SSSR count). The van der Waals surface area contributed by atoms with Crippen molar-refractivity contribution in [1.82, 2.24) is 5.32 Å². The average molecular weight is 305 g/mol. The number of nitrogens with zero attached hydrogens (tertiary/aromatic N) is 1. The summed E-state index contributed by atoms with van der Waals surface area (Å²) in [6.45, 7) is 3.71. The number of carbonyl (C=O) groups excluding carboxylic acids is 1. The van der Waals surface area contributed by atoms with Gasteiger partial charge in [-0.2, -0.15) is 5.06 Å². The Kier molecular flexibility index (Phi) is 4.50. The minimum Gasteiger partial charge on any atom is -0.327 e. The number of amides is 2. The zero-order valence-electron chi connectivity index (χ0n) is 11.9. The summed E-state index contributed by atoms with van der Waals surface area (Å²) >= 11 is 5.86. The Labute approximate surface area is 128 Å². The molecular weight excluding hydrogens is 288 g/mol. The Morgan fingerprint density at radius 1 is 1.10 bits per heavy atom. The molecule has 0 saturated heterocycles. The minimum atomic E-state index is -0.641. The van der Waals surface area contributed by atoms with Crippen LogP contribution in [0.4, 0.5) is 10.5 Å². The van der Waals surface area contributed by atoms with Crippen LogP contribution in [0.5, 0.6) is 0 Å². The van der Waals surface area contributed by atoms with E-state index in [0.717, 1.165) is 5.56 Å². The molecule has 0 saturated carbocycles. The molecule has 5 heteroatoms. The van der Waals surface area contributed by atoms with Gasteiger partial charge in [0.1, 0.15) is 0 Å². The summed E-state index contributed by atoms with van der Waals surface area (Å²) in [6.07, 6.45) is 0. The van der Waals surface area contributed by atoms with E-state index in [1.165, 1.54) is 0 Å². The molecular formula is C16H17ClN2O2. The number of anilines is 1. The second kappa shape index (κ2) is 6.16. The van der Waals surface area contributed by atoms with Crippen LogP contribution in [0.25, 0.3) is 0 Å². The number of hydroxylamine groups is 1. The Morgan fingerprint density at radius 3 is 2.24 bits per heavy atom. The van der Waals surface area contributed by atoms with Crippen LogP contribution in [-0.2, 0) is 5.54 Å². The molecule has 0 radical (unpaired) electrons. The zero-order valence-corrected chi connectivity index (χ0v) is 12.6. The van der Waals surface area contributed by atoms with Crippen molar-refractivity contribution >= 4 is 23.3 Å². The first-order chi connectivity index (χ1) is 9.90. The van der Waals surface area contributed by atoms with Gasteiger partial charge < -0.3 is 5.32 Å². The van der Waals surface area contributed by atoms with Gasteiger partial charge in [0.2, 0.25) is 0 Å². The molecule has 2 aromatic carbocycles. The molecule has 0 spiro atoms. The fourth-order valence-corrected chi connectivity index (χ4v) is 2.07. The molecule has 2 amide bonds. The number of rotatable bonds is 3.